The van der Waals surface area contributed by atoms with E-state index in [0.717, 1.165) is 9.27 Å². The highest BCUT2D eigenvalue weighted by Crippen LogP contribution is 2.19. The van der Waals surface area contributed by atoms with E-state index >= 15 is 0 Å². The lowest BCUT2D eigenvalue weighted by Crippen LogP contribution is -2.36. The number of aryl methyl sites for hydroxylation is 1. The minimum absolute atomic E-state index is 0.169. The zero-order chi connectivity index (χ0) is 12.5. The number of rotatable bonds is 2. The van der Waals surface area contributed by atoms with E-state index in [9.17, 15) is 12.6 Å². The van der Waals surface area contributed by atoms with Gasteiger partial charge >= 0.3 is 0 Å². The first-order valence-electron chi connectivity index (χ1n) is 5.15. The number of benzene rings is 1. The quantitative estimate of drug-likeness (QED) is 0.760. The van der Waals surface area contributed by atoms with E-state index in [2.05, 4.69) is 0 Å². The van der Waals surface area contributed by atoms with Gasteiger partial charge in [0.15, 0.2) is 0 Å². The van der Waals surface area contributed by atoms with Crippen LogP contribution < -0.4 is 0 Å². The van der Waals surface area contributed by atoms with Crippen LogP contribution in [0.3, 0.4) is 0 Å². The van der Waals surface area contributed by atoms with E-state index in [1.54, 1.807) is 36.4 Å². The predicted octanol–water partition coefficient (Wildman–Crippen LogP) is 1.22. The molecule has 0 aromatic heterocycles. The Morgan fingerprint density at radius 3 is 2.41 bits per heavy atom. The Bertz CT molecular complexity index is 561. The van der Waals surface area contributed by atoms with Crippen LogP contribution >= 0.6 is 0 Å². The molecule has 0 radical (unpaired) electrons. The van der Waals surface area contributed by atoms with Crippen molar-refractivity contribution in [2.24, 2.45) is 0 Å². The van der Waals surface area contributed by atoms with E-state index in [-0.39, 0.29) is 17.2 Å². The van der Waals surface area contributed by atoms with Gasteiger partial charge in [-0.25, -0.2) is 12.6 Å². The highest BCUT2D eigenvalue weighted by atomic mass is 32.3. The van der Waals surface area contributed by atoms with Crippen LogP contribution in [-0.2, 0) is 21.0 Å². The SMILES string of the molecule is Cc1ccc(S(=O)(=O)N2CC=CC[S@@]2=O)cc1. The van der Waals surface area contributed by atoms with Crippen molar-refractivity contribution in [3.63, 3.8) is 0 Å². The van der Waals surface area contributed by atoms with E-state index in [1.165, 1.54) is 0 Å². The third-order valence-electron chi connectivity index (χ3n) is 2.47. The molecule has 1 atom stereocenters. The molecule has 0 N–H and O–H groups in total. The molecule has 2 rings (SSSR count). The van der Waals surface area contributed by atoms with Crippen LogP contribution in [0.2, 0.25) is 0 Å². The summed E-state index contributed by atoms with van der Waals surface area (Å²) < 4.78 is 37.1. The number of sulfonamides is 1. The summed E-state index contributed by atoms with van der Waals surface area (Å²) in [6.45, 7) is 2.06. The summed E-state index contributed by atoms with van der Waals surface area (Å²) in [5.74, 6) is 0.255. The molecule has 0 saturated heterocycles. The molecule has 0 saturated carbocycles. The van der Waals surface area contributed by atoms with Crippen LogP contribution in [0.15, 0.2) is 41.3 Å². The smallest absolute Gasteiger partial charge is 0.241 e. The van der Waals surface area contributed by atoms with Gasteiger partial charge in [-0.2, -0.15) is 0 Å². The van der Waals surface area contributed by atoms with Gasteiger partial charge in [0.1, 0.15) is 11.0 Å². The maximum atomic E-state index is 12.2. The summed E-state index contributed by atoms with van der Waals surface area (Å²) in [4.78, 5) is 0.187. The molecule has 0 aliphatic carbocycles. The average molecular weight is 271 g/mol. The third kappa shape index (κ3) is 2.48. The second-order valence-corrected chi connectivity index (χ2v) is 7.27. The molecule has 1 aliphatic rings. The molecule has 17 heavy (non-hydrogen) atoms. The molecule has 4 nitrogen and oxygen atoms in total. The molecule has 1 aromatic carbocycles. The minimum atomic E-state index is -3.65. The van der Waals surface area contributed by atoms with Gasteiger partial charge in [-0.05, 0) is 19.1 Å². The Balaban J connectivity index is 2.39. The summed E-state index contributed by atoms with van der Waals surface area (Å²) >= 11 is 0. The topological polar surface area (TPSA) is 54.5 Å². The van der Waals surface area contributed by atoms with Crippen LogP contribution in [-0.4, -0.2) is 28.6 Å². The van der Waals surface area contributed by atoms with Gasteiger partial charge in [-0.1, -0.05) is 29.8 Å². The average Bonchev–Trinajstić information content (AvgIpc) is 2.30. The summed E-state index contributed by atoms with van der Waals surface area (Å²) in [6, 6.07) is 6.55. The zero-order valence-corrected chi connectivity index (χ0v) is 11.0. The molecule has 0 unspecified atom stereocenters. The van der Waals surface area contributed by atoms with Crippen LogP contribution in [0.1, 0.15) is 5.56 Å². The van der Waals surface area contributed by atoms with E-state index in [4.69, 9.17) is 0 Å². The first-order valence-corrected chi connectivity index (χ1v) is 7.86. The second kappa shape index (κ2) is 4.72. The summed E-state index contributed by atoms with van der Waals surface area (Å²) in [7, 11) is -5.14. The minimum Gasteiger partial charge on any atom is -0.241 e. The van der Waals surface area contributed by atoms with Crippen molar-refractivity contribution >= 4 is 21.0 Å². The maximum absolute atomic E-state index is 12.2. The lowest BCUT2D eigenvalue weighted by Gasteiger charge is -2.21. The molecule has 1 heterocycles. The monoisotopic (exact) mass is 271 g/mol. The van der Waals surface area contributed by atoms with Gasteiger partial charge in [-0.15, -0.1) is 3.71 Å². The molecule has 0 spiro atoms. The van der Waals surface area contributed by atoms with Crippen molar-refractivity contribution < 1.29 is 12.6 Å². The fourth-order valence-corrected chi connectivity index (χ4v) is 4.55. The normalized spacial score (nSPS) is 21.6. The van der Waals surface area contributed by atoms with E-state index < -0.39 is 21.0 Å². The molecular weight excluding hydrogens is 258 g/mol. The van der Waals surface area contributed by atoms with E-state index in [1.807, 2.05) is 6.92 Å². The summed E-state index contributed by atoms with van der Waals surface area (Å²) in [6.07, 6.45) is 3.45. The zero-order valence-electron chi connectivity index (χ0n) is 9.37. The Hall–Kier alpha value is -0.980. The molecular formula is C11H13NO3S2. The Morgan fingerprint density at radius 1 is 1.18 bits per heavy atom. The molecule has 6 heteroatoms. The second-order valence-electron chi connectivity index (χ2n) is 3.76. The van der Waals surface area contributed by atoms with Crippen molar-refractivity contribution in [3.8, 4) is 0 Å². The van der Waals surface area contributed by atoms with Crippen LogP contribution in [0, 0.1) is 6.92 Å². The number of hydrogen-bond acceptors (Lipinski definition) is 3. The Labute approximate surface area is 104 Å². The Kier molecular flexibility index (Phi) is 3.46. The molecule has 1 aliphatic heterocycles. The van der Waals surface area contributed by atoms with Crippen molar-refractivity contribution in [1.29, 1.82) is 0 Å². The van der Waals surface area contributed by atoms with Crippen LogP contribution in [0.4, 0.5) is 0 Å². The highest BCUT2D eigenvalue weighted by Gasteiger charge is 2.29. The fourth-order valence-electron chi connectivity index (χ4n) is 1.51. The molecule has 0 bridgehead atoms. The van der Waals surface area contributed by atoms with Crippen molar-refractivity contribution in [2.75, 3.05) is 12.3 Å². The standard InChI is InChI=1S/C11H13NO3S2/c1-10-4-6-11(7-5-10)17(14,15)12-8-2-3-9-16(12)13/h2-7H,8-9H2,1H3/t16-/m0/s1. The van der Waals surface area contributed by atoms with Crippen LogP contribution in [0.25, 0.3) is 0 Å². The molecule has 1 aromatic rings. The number of nitrogens with zero attached hydrogens (tertiary/aromatic N) is 1. The van der Waals surface area contributed by atoms with Gasteiger partial charge in [0.2, 0.25) is 0 Å². The molecule has 0 fully saturated rings. The number of hydrogen-bond donors (Lipinski definition) is 0. The molecule has 92 valence electrons. The van der Waals surface area contributed by atoms with Crippen molar-refractivity contribution in [2.45, 2.75) is 11.8 Å². The van der Waals surface area contributed by atoms with Crippen LogP contribution in [0.5, 0.6) is 0 Å². The van der Waals surface area contributed by atoms with Gasteiger partial charge in [0.25, 0.3) is 10.0 Å². The van der Waals surface area contributed by atoms with E-state index in [0.29, 0.717) is 0 Å². The highest BCUT2D eigenvalue weighted by molar-refractivity contribution is 8.01. The van der Waals surface area contributed by atoms with Crippen molar-refractivity contribution in [1.82, 2.24) is 3.71 Å². The van der Waals surface area contributed by atoms with Gasteiger partial charge in [0.05, 0.1) is 10.6 Å². The lowest BCUT2D eigenvalue weighted by atomic mass is 10.2. The van der Waals surface area contributed by atoms with Gasteiger partial charge < -0.3 is 0 Å². The lowest BCUT2D eigenvalue weighted by molar-refractivity contribution is 0.543. The third-order valence-corrected chi connectivity index (χ3v) is 6.20. The fraction of sp³-hybridized carbons (Fsp3) is 0.273. The van der Waals surface area contributed by atoms with Crippen molar-refractivity contribution in [3.05, 3.63) is 42.0 Å². The van der Waals surface area contributed by atoms with Gasteiger partial charge in [0, 0.05) is 6.54 Å². The predicted molar refractivity (Wildman–Crippen MR) is 67.2 cm³/mol. The first-order chi connectivity index (χ1) is 8.01. The largest absolute Gasteiger partial charge is 0.254 e. The maximum Gasteiger partial charge on any atom is 0.254 e. The van der Waals surface area contributed by atoms with Gasteiger partial charge in [-0.3, -0.25) is 0 Å². The summed E-state index contributed by atoms with van der Waals surface area (Å²) in [5.41, 5.74) is 0.989. The Morgan fingerprint density at radius 2 is 1.82 bits per heavy atom. The summed E-state index contributed by atoms with van der Waals surface area (Å²) in [5, 5.41) is 0. The first kappa shape index (κ1) is 12.5. The molecule has 0 amide bonds.